The molecule has 0 aliphatic carbocycles. The molecule has 2 aromatic carbocycles. The second-order valence-electron chi connectivity index (χ2n) is 10.5. The minimum atomic E-state index is -0.268. The van der Waals surface area contributed by atoms with Crippen LogP contribution in [-0.2, 0) is 4.79 Å². The SMILES string of the molecule is CN(C)C(=O)C1CN(c2ccc(Nc3ncc4c(=O)n5c(nc4n3)c3ccccc3n5-c3nccs3)cc2)CCN1C. The number of para-hydroxylation sites is 1. The van der Waals surface area contributed by atoms with E-state index in [4.69, 9.17) is 4.98 Å². The van der Waals surface area contributed by atoms with Crippen molar-refractivity contribution >= 4 is 62.2 Å². The van der Waals surface area contributed by atoms with E-state index in [0.717, 1.165) is 35.4 Å². The molecule has 0 spiro atoms. The number of fused-ring (bicyclic) bond motifs is 4. The molecule has 212 valence electrons. The number of amides is 1. The molecule has 12 nitrogen and oxygen atoms in total. The molecule has 1 fully saturated rings. The predicted octanol–water partition coefficient (Wildman–Crippen LogP) is 2.99. The third kappa shape index (κ3) is 4.33. The fourth-order valence-electron chi connectivity index (χ4n) is 5.41. The van der Waals surface area contributed by atoms with Crippen LogP contribution in [0.4, 0.5) is 17.3 Å². The zero-order valence-corrected chi connectivity index (χ0v) is 24.1. The van der Waals surface area contributed by atoms with Crippen LogP contribution in [0.5, 0.6) is 0 Å². The number of thiazole rings is 1. The Labute approximate surface area is 244 Å². The fraction of sp³-hybridized carbons (Fsp3) is 0.241. The summed E-state index contributed by atoms with van der Waals surface area (Å²) in [6.07, 6.45) is 3.22. The lowest BCUT2D eigenvalue weighted by Gasteiger charge is -2.40. The molecule has 1 atom stereocenters. The Morgan fingerprint density at radius 1 is 1.02 bits per heavy atom. The number of rotatable bonds is 5. The van der Waals surface area contributed by atoms with Crippen molar-refractivity contribution in [2.45, 2.75) is 6.04 Å². The molecule has 13 heteroatoms. The van der Waals surface area contributed by atoms with Gasteiger partial charge in [0.15, 0.2) is 11.3 Å². The van der Waals surface area contributed by atoms with Crippen molar-refractivity contribution in [1.29, 1.82) is 0 Å². The summed E-state index contributed by atoms with van der Waals surface area (Å²) in [6.45, 7) is 2.27. The van der Waals surface area contributed by atoms with E-state index in [1.807, 2.05) is 61.0 Å². The maximum absolute atomic E-state index is 13.7. The number of likely N-dealkylation sites (N-methyl/N-ethyl adjacent to an activating group) is 2. The fourth-order valence-corrected chi connectivity index (χ4v) is 6.05. The highest BCUT2D eigenvalue weighted by molar-refractivity contribution is 7.12. The predicted molar refractivity (Wildman–Crippen MR) is 164 cm³/mol. The maximum atomic E-state index is 13.7. The highest BCUT2D eigenvalue weighted by Crippen LogP contribution is 2.26. The number of nitrogens with one attached hydrogen (secondary N) is 1. The summed E-state index contributed by atoms with van der Waals surface area (Å²) >= 11 is 1.44. The van der Waals surface area contributed by atoms with E-state index < -0.39 is 0 Å². The summed E-state index contributed by atoms with van der Waals surface area (Å²) < 4.78 is 3.33. The average molecular weight is 581 g/mol. The Bertz CT molecular complexity index is 2000. The van der Waals surface area contributed by atoms with Gasteiger partial charge in [-0.2, -0.15) is 9.50 Å². The Morgan fingerprint density at radius 2 is 1.83 bits per heavy atom. The van der Waals surface area contributed by atoms with Gasteiger partial charge in [0.05, 0.1) is 5.52 Å². The largest absolute Gasteiger partial charge is 0.368 e. The molecule has 7 rings (SSSR count). The Balaban J connectivity index is 1.19. The third-order valence-electron chi connectivity index (χ3n) is 7.64. The van der Waals surface area contributed by atoms with Crippen LogP contribution in [0.1, 0.15) is 0 Å². The van der Waals surface area contributed by atoms with Gasteiger partial charge in [-0.3, -0.25) is 14.5 Å². The van der Waals surface area contributed by atoms with Crippen LogP contribution in [0.15, 0.2) is 71.1 Å². The van der Waals surface area contributed by atoms with Gasteiger partial charge in [0.1, 0.15) is 11.4 Å². The molecule has 4 aromatic heterocycles. The lowest BCUT2D eigenvalue weighted by atomic mass is 10.1. The molecule has 5 heterocycles. The van der Waals surface area contributed by atoms with Crippen molar-refractivity contribution in [3.63, 3.8) is 0 Å². The average Bonchev–Trinajstić information content (AvgIpc) is 3.64. The summed E-state index contributed by atoms with van der Waals surface area (Å²) in [5.41, 5.74) is 3.22. The van der Waals surface area contributed by atoms with Gasteiger partial charge in [-0.15, -0.1) is 11.3 Å². The minimum Gasteiger partial charge on any atom is -0.368 e. The Morgan fingerprint density at radius 3 is 2.60 bits per heavy atom. The smallest absolute Gasteiger partial charge is 0.284 e. The number of anilines is 3. The molecular formula is C29H28N10O2S. The first-order valence-electron chi connectivity index (χ1n) is 13.5. The normalized spacial score (nSPS) is 16.0. The number of piperazine rings is 1. The molecule has 1 aliphatic rings. The van der Waals surface area contributed by atoms with E-state index in [1.54, 1.807) is 29.9 Å². The monoisotopic (exact) mass is 580 g/mol. The number of carbonyl (C=O) groups is 1. The Hall–Kier alpha value is -4.88. The molecule has 1 saturated heterocycles. The van der Waals surface area contributed by atoms with Gasteiger partial charge >= 0.3 is 0 Å². The van der Waals surface area contributed by atoms with E-state index >= 15 is 0 Å². The van der Waals surface area contributed by atoms with Crippen LogP contribution >= 0.6 is 11.3 Å². The van der Waals surface area contributed by atoms with Gasteiger partial charge in [-0.05, 0) is 43.4 Å². The van der Waals surface area contributed by atoms with Gasteiger partial charge in [0.25, 0.3) is 5.56 Å². The maximum Gasteiger partial charge on any atom is 0.284 e. The molecule has 0 bridgehead atoms. The van der Waals surface area contributed by atoms with Crippen LogP contribution in [0.3, 0.4) is 0 Å². The molecular weight excluding hydrogens is 552 g/mol. The van der Waals surface area contributed by atoms with Crippen LogP contribution < -0.4 is 15.8 Å². The number of hydrogen-bond acceptors (Lipinski definition) is 10. The standard InChI is InChI=1S/C29H28N10O2S/c1-35(2)27(41)23-17-37(14-13-36(23)3)19-10-8-18(9-11-19)32-28-31-16-21-24(34-28)33-25-20-6-4-5-7-22(20)38(39(25)26(21)40)29-30-12-15-42-29/h4-12,15-16,23H,13-14,17H2,1-3H3,(H,31,32,34). The highest BCUT2D eigenvalue weighted by atomic mass is 32.1. The second-order valence-corrected chi connectivity index (χ2v) is 11.3. The van der Waals surface area contributed by atoms with Gasteiger partial charge in [-0.25, -0.2) is 19.6 Å². The molecule has 1 N–H and O–H groups in total. The van der Waals surface area contributed by atoms with Gasteiger partial charge in [0, 0.05) is 68.3 Å². The first-order valence-corrected chi connectivity index (χ1v) is 14.4. The molecule has 1 unspecified atom stereocenters. The molecule has 1 aliphatic heterocycles. The number of hydrogen-bond donors (Lipinski definition) is 1. The zero-order chi connectivity index (χ0) is 29.0. The van der Waals surface area contributed by atoms with Crippen LogP contribution in [0.25, 0.3) is 32.7 Å². The van der Waals surface area contributed by atoms with Crippen molar-refractivity contribution in [3.05, 3.63) is 76.7 Å². The second kappa shape index (κ2) is 10.2. The topological polar surface area (TPSA) is 117 Å². The number of nitrogens with zero attached hydrogens (tertiary/aromatic N) is 9. The van der Waals surface area contributed by atoms with Crippen molar-refractivity contribution in [3.8, 4) is 5.13 Å². The van der Waals surface area contributed by atoms with Crippen molar-refractivity contribution in [2.24, 2.45) is 0 Å². The van der Waals surface area contributed by atoms with E-state index in [2.05, 4.69) is 30.1 Å². The third-order valence-corrected chi connectivity index (χ3v) is 8.39. The summed E-state index contributed by atoms with van der Waals surface area (Å²) in [7, 11) is 5.58. The lowest BCUT2D eigenvalue weighted by Crippen LogP contribution is -2.57. The molecule has 6 aromatic rings. The van der Waals surface area contributed by atoms with E-state index in [-0.39, 0.29) is 17.5 Å². The summed E-state index contributed by atoms with van der Waals surface area (Å²) in [5, 5.41) is 6.92. The number of benzene rings is 2. The summed E-state index contributed by atoms with van der Waals surface area (Å²) in [4.78, 5) is 50.6. The van der Waals surface area contributed by atoms with Gasteiger partial charge < -0.3 is 15.1 Å². The molecule has 42 heavy (non-hydrogen) atoms. The van der Waals surface area contributed by atoms with E-state index in [1.165, 1.54) is 22.0 Å². The van der Waals surface area contributed by atoms with Gasteiger partial charge in [-0.1, -0.05) is 12.1 Å². The molecule has 0 radical (unpaired) electrons. The quantitative estimate of drug-likeness (QED) is 0.328. The lowest BCUT2D eigenvalue weighted by molar-refractivity contribution is -0.134. The van der Waals surface area contributed by atoms with Gasteiger partial charge in [0.2, 0.25) is 17.0 Å². The van der Waals surface area contributed by atoms with Crippen LogP contribution in [0, 0.1) is 0 Å². The Kier molecular flexibility index (Phi) is 6.32. The van der Waals surface area contributed by atoms with E-state index in [0.29, 0.717) is 34.3 Å². The van der Waals surface area contributed by atoms with Crippen molar-refractivity contribution in [1.82, 2.24) is 38.9 Å². The van der Waals surface area contributed by atoms with Crippen molar-refractivity contribution < 1.29 is 4.79 Å². The first-order chi connectivity index (χ1) is 20.4. The van der Waals surface area contributed by atoms with Crippen LogP contribution in [0.2, 0.25) is 0 Å². The highest BCUT2D eigenvalue weighted by Gasteiger charge is 2.31. The number of aromatic nitrogens is 6. The molecule has 0 saturated carbocycles. The van der Waals surface area contributed by atoms with E-state index in [9.17, 15) is 9.59 Å². The molecule has 1 amide bonds. The van der Waals surface area contributed by atoms with Crippen molar-refractivity contribution in [2.75, 3.05) is 51.0 Å². The minimum absolute atomic E-state index is 0.104. The summed E-state index contributed by atoms with van der Waals surface area (Å²) in [5.74, 6) is 0.443. The van der Waals surface area contributed by atoms with Crippen LogP contribution in [-0.4, -0.2) is 91.7 Å². The summed E-state index contributed by atoms with van der Waals surface area (Å²) in [6, 6.07) is 15.5. The zero-order valence-electron chi connectivity index (χ0n) is 23.3. The first kappa shape index (κ1) is 26.0. The number of carbonyl (C=O) groups excluding carboxylic acids is 1.